The second kappa shape index (κ2) is 9.42. The van der Waals surface area contributed by atoms with Crippen LogP contribution in [0.3, 0.4) is 0 Å². The van der Waals surface area contributed by atoms with Crippen LogP contribution in [0.25, 0.3) is 88.2 Å². The fraction of sp³-hybridized carbons (Fsp3) is 0.0667. The van der Waals surface area contributed by atoms with Gasteiger partial charge in [0.15, 0.2) is 0 Å². The SMILES string of the molecule is CC1(C)c2ccccc2-c2nc(-n3c4ccccc4c4cc5c6ccccc6n(-c6cccc7ccccc67)c5cc43)nc3cccc1c23. The zero-order valence-electron chi connectivity index (χ0n) is 27.1. The van der Waals surface area contributed by atoms with Crippen molar-refractivity contribution in [1.29, 1.82) is 0 Å². The largest absolute Gasteiger partial charge is 0.309 e. The summed E-state index contributed by atoms with van der Waals surface area (Å²) in [5, 5.41) is 8.45. The zero-order valence-corrected chi connectivity index (χ0v) is 27.1. The smallest absolute Gasteiger partial charge is 0.235 e. The van der Waals surface area contributed by atoms with E-state index in [1.165, 1.54) is 60.2 Å². The number of rotatable bonds is 2. The normalized spacial score (nSPS) is 13.7. The molecule has 0 spiro atoms. The minimum Gasteiger partial charge on any atom is -0.309 e. The van der Waals surface area contributed by atoms with E-state index in [0.29, 0.717) is 5.95 Å². The topological polar surface area (TPSA) is 35.6 Å². The summed E-state index contributed by atoms with van der Waals surface area (Å²) in [6, 6.07) is 52.7. The van der Waals surface area contributed by atoms with Crippen molar-refractivity contribution in [1.82, 2.24) is 19.1 Å². The molecule has 1 aliphatic carbocycles. The van der Waals surface area contributed by atoms with Crippen LogP contribution >= 0.6 is 0 Å². The molecule has 0 unspecified atom stereocenters. The van der Waals surface area contributed by atoms with Crippen molar-refractivity contribution in [2.75, 3.05) is 0 Å². The van der Waals surface area contributed by atoms with Gasteiger partial charge in [0.25, 0.3) is 0 Å². The highest BCUT2D eigenvalue weighted by Gasteiger charge is 2.35. The van der Waals surface area contributed by atoms with E-state index in [9.17, 15) is 0 Å². The van der Waals surface area contributed by atoms with E-state index >= 15 is 0 Å². The summed E-state index contributed by atoms with van der Waals surface area (Å²) in [7, 11) is 0. The molecule has 3 aromatic heterocycles. The van der Waals surface area contributed by atoms with E-state index < -0.39 is 0 Å². The first-order valence-electron chi connectivity index (χ1n) is 16.9. The molecule has 0 radical (unpaired) electrons. The summed E-state index contributed by atoms with van der Waals surface area (Å²) in [5.74, 6) is 0.688. The predicted octanol–water partition coefficient (Wildman–Crippen LogP) is 11.3. The third-order valence-electron chi connectivity index (χ3n) is 10.9. The van der Waals surface area contributed by atoms with Crippen molar-refractivity contribution >= 4 is 65.3 Å². The van der Waals surface area contributed by atoms with Gasteiger partial charge in [0.05, 0.1) is 39.0 Å². The molecule has 0 aliphatic heterocycles. The molecule has 0 N–H and O–H groups in total. The van der Waals surface area contributed by atoms with Gasteiger partial charge in [0, 0.05) is 43.3 Å². The highest BCUT2D eigenvalue weighted by atomic mass is 15.2. The van der Waals surface area contributed by atoms with Crippen LogP contribution in [0.2, 0.25) is 0 Å². The summed E-state index contributed by atoms with van der Waals surface area (Å²) in [5.41, 5.74) is 11.3. The number of para-hydroxylation sites is 2. The predicted molar refractivity (Wildman–Crippen MR) is 203 cm³/mol. The van der Waals surface area contributed by atoms with E-state index in [2.05, 4.69) is 169 Å². The van der Waals surface area contributed by atoms with Crippen molar-refractivity contribution < 1.29 is 0 Å². The van der Waals surface area contributed by atoms with Crippen LogP contribution in [0.1, 0.15) is 25.0 Å². The Morgan fingerprint density at radius 1 is 0.469 bits per heavy atom. The first kappa shape index (κ1) is 26.8. The number of nitrogens with zero attached hydrogens (tertiary/aromatic N) is 4. The van der Waals surface area contributed by atoms with E-state index in [4.69, 9.17) is 9.97 Å². The minimum atomic E-state index is -0.151. The molecule has 10 aromatic rings. The molecule has 7 aromatic carbocycles. The highest BCUT2D eigenvalue weighted by Crippen LogP contribution is 2.48. The molecule has 0 saturated carbocycles. The average molecular weight is 627 g/mol. The van der Waals surface area contributed by atoms with Crippen LogP contribution in [-0.2, 0) is 5.41 Å². The van der Waals surface area contributed by atoms with Crippen molar-refractivity contribution in [3.8, 4) is 22.9 Å². The molecule has 49 heavy (non-hydrogen) atoms. The number of aromatic nitrogens is 4. The van der Waals surface area contributed by atoms with Crippen LogP contribution in [0.5, 0.6) is 0 Å². The molecule has 4 heteroatoms. The average Bonchev–Trinajstić information content (AvgIpc) is 3.64. The Hall–Kier alpha value is -6.26. The molecular formula is C45H30N4. The quantitative estimate of drug-likeness (QED) is 0.191. The Labute approximate surface area is 282 Å². The zero-order chi connectivity index (χ0) is 32.4. The maximum atomic E-state index is 5.47. The Kier molecular flexibility index (Phi) is 5.15. The molecule has 11 rings (SSSR count). The molecular weight excluding hydrogens is 597 g/mol. The summed E-state index contributed by atoms with van der Waals surface area (Å²) in [4.78, 5) is 10.8. The molecule has 0 bridgehead atoms. The molecule has 0 fully saturated rings. The van der Waals surface area contributed by atoms with Gasteiger partial charge >= 0.3 is 0 Å². The Bertz CT molecular complexity index is 3030. The van der Waals surface area contributed by atoms with Gasteiger partial charge in [0.2, 0.25) is 5.95 Å². The monoisotopic (exact) mass is 626 g/mol. The van der Waals surface area contributed by atoms with Crippen LogP contribution in [0.15, 0.2) is 146 Å². The highest BCUT2D eigenvalue weighted by molar-refractivity contribution is 6.19. The molecule has 230 valence electrons. The molecule has 0 atom stereocenters. The second-order valence-electron chi connectivity index (χ2n) is 13.8. The molecule has 0 amide bonds. The minimum absolute atomic E-state index is 0.151. The third kappa shape index (κ3) is 3.47. The van der Waals surface area contributed by atoms with Crippen LogP contribution in [0.4, 0.5) is 0 Å². The van der Waals surface area contributed by atoms with Crippen molar-refractivity contribution in [3.05, 3.63) is 157 Å². The van der Waals surface area contributed by atoms with E-state index in [1.54, 1.807) is 0 Å². The van der Waals surface area contributed by atoms with Gasteiger partial charge in [0.1, 0.15) is 0 Å². The Morgan fingerprint density at radius 2 is 1.08 bits per heavy atom. The Balaban J connectivity index is 1.29. The third-order valence-corrected chi connectivity index (χ3v) is 10.9. The van der Waals surface area contributed by atoms with Crippen molar-refractivity contribution in [2.45, 2.75) is 19.3 Å². The molecule has 1 aliphatic rings. The second-order valence-corrected chi connectivity index (χ2v) is 13.8. The number of benzene rings is 7. The molecule has 3 heterocycles. The van der Waals surface area contributed by atoms with Crippen molar-refractivity contribution in [3.63, 3.8) is 0 Å². The fourth-order valence-corrected chi connectivity index (χ4v) is 8.68. The van der Waals surface area contributed by atoms with Crippen LogP contribution < -0.4 is 0 Å². The number of fused-ring (bicyclic) bond motifs is 9. The maximum Gasteiger partial charge on any atom is 0.235 e. The lowest BCUT2D eigenvalue weighted by atomic mass is 9.70. The van der Waals surface area contributed by atoms with Gasteiger partial charge in [-0.3, -0.25) is 4.57 Å². The van der Waals surface area contributed by atoms with Crippen LogP contribution in [-0.4, -0.2) is 19.1 Å². The summed E-state index contributed by atoms with van der Waals surface area (Å²) in [6.45, 7) is 4.62. The maximum absolute atomic E-state index is 5.47. The van der Waals surface area contributed by atoms with Crippen LogP contribution in [0, 0.1) is 0 Å². The summed E-state index contributed by atoms with van der Waals surface area (Å²) >= 11 is 0. The van der Waals surface area contributed by atoms with Gasteiger partial charge in [-0.2, -0.15) is 0 Å². The molecule has 4 nitrogen and oxygen atoms in total. The lowest BCUT2D eigenvalue weighted by Crippen LogP contribution is -2.24. The summed E-state index contributed by atoms with van der Waals surface area (Å²) < 4.78 is 4.71. The van der Waals surface area contributed by atoms with Gasteiger partial charge < -0.3 is 4.57 Å². The van der Waals surface area contributed by atoms with Gasteiger partial charge in [-0.1, -0.05) is 123 Å². The lowest BCUT2D eigenvalue weighted by molar-refractivity contribution is 0.643. The van der Waals surface area contributed by atoms with E-state index in [0.717, 1.165) is 33.1 Å². The van der Waals surface area contributed by atoms with Crippen molar-refractivity contribution in [2.24, 2.45) is 0 Å². The van der Waals surface area contributed by atoms with E-state index in [1.807, 2.05) is 0 Å². The number of hydrogen-bond acceptors (Lipinski definition) is 2. The van der Waals surface area contributed by atoms with E-state index in [-0.39, 0.29) is 5.41 Å². The summed E-state index contributed by atoms with van der Waals surface area (Å²) in [6.07, 6.45) is 0. The number of hydrogen-bond donors (Lipinski definition) is 0. The first-order chi connectivity index (χ1) is 24.1. The Morgan fingerprint density at radius 3 is 1.90 bits per heavy atom. The molecule has 0 saturated heterocycles. The fourth-order valence-electron chi connectivity index (χ4n) is 8.68. The van der Waals surface area contributed by atoms with Gasteiger partial charge in [-0.05, 0) is 52.9 Å². The van der Waals surface area contributed by atoms with Gasteiger partial charge in [-0.25, -0.2) is 9.97 Å². The first-order valence-corrected chi connectivity index (χ1v) is 16.9. The lowest BCUT2D eigenvalue weighted by Gasteiger charge is -2.34. The van der Waals surface area contributed by atoms with Gasteiger partial charge in [-0.15, -0.1) is 0 Å². The standard InChI is InChI=1S/C45H30N4/c1-45(2)34-19-8-5-18-31(34)43-42-35(45)20-12-21-36(42)46-44(47-43)49-39-23-10-7-17-30(39)33-25-32-29-16-6-9-22-38(29)48(40(32)26-41(33)49)37-24-11-14-27-13-3-4-15-28(27)37/h3-26H,1-2H3.